The third-order valence-electron chi connectivity index (χ3n) is 2.74. The van der Waals surface area contributed by atoms with Gasteiger partial charge in [-0.15, -0.1) is 9.24 Å². The summed E-state index contributed by atoms with van der Waals surface area (Å²) in [5.41, 5.74) is 0.527. The molecule has 0 spiro atoms. The molecule has 0 heterocycles. The van der Waals surface area contributed by atoms with Gasteiger partial charge in [0.15, 0.2) is 0 Å². The Morgan fingerprint density at radius 2 is 2.25 bits per heavy atom. The Hall–Kier alpha value is -1.02. The van der Waals surface area contributed by atoms with Crippen LogP contribution in [0.2, 0.25) is 0 Å². The lowest BCUT2D eigenvalue weighted by atomic mass is 10.1. The van der Waals surface area contributed by atoms with E-state index in [0.29, 0.717) is 11.1 Å². The lowest BCUT2D eigenvalue weighted by Crippen LogP contribution is -2.08. The van der Waals surface area contributed by atoms with Crippen LogP contribution in [-0.4, -0.2) is 13.1 Å². The van der Waals surface area contributed by atoms with Crippen LogP contribution in [0.15, 0.2) is 18.2 Å². The Labute approximate surface area is 94.2 Å². The van der Waals surface area contributed by atoms with Crippen molar-refractivity contribution in [1.29, 1.82) is 0 Å². The molecule has 2 nitrogen and oxygen atoms in total. The van der Waals surface area contributed by atoms with E-state index in [1.165, 1.54) is 25.3 Å². The van der Waals surface area contributed by atoms with Crippen LogP contribution in [0.1, 0.15) is 33.6 Å². The summed E-state index contributed by atoms with van der Waals surface area (Å²) in [5, 5.41) is 0. The van der Waals surface area contributed by atoms with Gasteiger partial charge in [0.1, 0.15) is 0 Å². The summed E-state index contributed by atoms with van der Waals surface area (Å²) in [7, 11) is 3.65. The van der Waals surface area contributed by atoms with Crippen molar-refractivity contribution in [3.63, 3.8) is 0 Å². The van der Waals surface area contributed by atoms with E-state index in [1.54, 1.807) is 0 Å². The second-order valence-electron chi connectivity index (χ2n) is 3.81. The van der Waals surface area contributed by atoms with Crippen molar-refractivity contribution in [2.24, 2.45) is 0 Å². The van der Waals surface area contributed by atoms with Crippen molar-refractivity contribution in [3.05, 3.63) is 34.9 Å². The SMILES string of the molecule is COC(=O)c1ccc2c(c1)C(P)CC2(F)F. The van der Waals surface area contributed by atoms with E-state index < -0.39 is 11.9 Å². The van der Waals surface area contributed by atoms with Gasteiger partial charge < -0.3 is 4.74 Å². The number of hydrogen-bond donors (Lipinski definition) is 0. The maximum Gasteiger partial charge on any atom is 0.337 e. The maximum absolute atomic E-state index is 13.5. The number of halogens is 2. The molecule has 2 unspecified atom stereocenters. The smallest absolute Gasteiger partial charge is 0.337 e. The van der Waals surface area contributed by atoms with Crippen LogP contribution in [0, 0.1) is 0 Å². The van der Waals surface area contributed by atoms with E-state index in [0.717, 1.165) is 0 Å². The molecule has 0 N–H and O–H groups in total. The highest BCUT2D eigenvalue weighted by molar-refractivity contribution is 7.17. The summed E-state index contributed by atoms with van der Waals surface area (Å²) >= 11 is 0. The number of esters is 1. The zero-order valence-electron chi connectivity index (χ0n) is 8.67. The highest BCUT2D eigenvalue weighted by atomic mass is 31.0. The zero-order valence-corrected chi connectivity index (χ0v) is 9.82. The summed E-state index contributed by atoms with van der Waals surface area (Å²) in [5.74, 6) is -3.30. The number of rotatable bonds is 1. The van der Waals surface area contributed by atoms with Gasteiger partial charge in [-0.05, 0) is 17.7 Å². The molecule has 1 aliphatic carbocycles. The minimum Gasteiger partial charge on any atom is -0.465 e. The van der Waals surface area contributed by atoms with Gasteiger partial charge in [-0.3, -0.25) is 0 Å². The summed E-state index contributed by atoms with van der Waals surface area (Å²) in [6.45, 7) is 0. The van der Waals surface area contributed by atoms with E-state index in [1.807, 2.05) is 0 Å². The zero-order chi connectivity index (χ0) is 11.9. The highest BCUT2D eigenvalue weighted by Crippen LogP contribution is 2.51. The van der Waals surface area contributed by atoms with Crippen LogP contribution in [0.5, 0.6) is 0 Å². The van der Waals surface area contributed by atoms with E-state index >= 15 is 0 Å². The van der Waals surface area contributed by atoms with Gasteiger partial charge in [-0.25, -0.2) is 13.6 Å². The van der Waals surface area contributed by atoms with Crippen molar-refractivity contribution in [2.45, 2.75) is 18.0 Å². The molecule has 1 aromatic rings. The Morgan fingerprint density at radius 1 is 1.56 bits per heavy atom. The van der Waals surface area contributed by atoms with E-state index in [4.69, 9.17) is 0 Å². The fraction of sp³-hybridized carbons (Fsp3) is 0.364. The fourth-order valence-electron chi connectivity index (χ4n) is 1.94. The predicted molar refractivity (Wildman–Crippen MR) is 58.7 cm³/mol. The lowest BCUT2D eigenvalue weighted by Gasteiger charge is -2.09. The molecule has 0 bridgehead atoms. The van der Waals surface area contributed by atoms with Crippen molar-refractivity contribution < 1.29 is 18.3 Å². The van der Waals surface area contributed by atoms with Gasteiger partial charge in [0.25, 0.3) is 5.92 Å². The minimum absolute atomic E-state index is 0.0140. The van der Waals surface area contributed by atoms with Crippen LogP contribution in [0.25, 0.3) is 0 Å². The van der Waals surface area contributed by atoms with Crippen LogP contribution in [0.4, 0.5) is 8.78 Å². The molecular formula is C11H11F2O2P. The van der Waals surface area contributed by atoms with Gasteiger partial charge in [-0.2, -0.15) is 0 Å². The van der Waals surface area contributed by atoms with E-state index in [2.05, 4.69) is 14.0 Å². The molecule has 0 saturated heterocycles. The largest absolute Gasteiger partial charge is 0.465 e. The van der Waals surface area contributed by atoms with E-state index in [9.17, 15) is 13.6 Å². The first-order valence-corrected chi connectivity index (χ1v) is 5.48. The molecule has 0 aliphatic heterocycles. The van der Waals surface area contributed by atoms with Gasteiger partial charge in [-0.1, -0.05) is 6.07 Å². The molecule has 2 rings (SSSR count). The van der Waals surface area contributed by atoms with Crippen molar-refractivity contribution in [3.8, 4) is 0 Å². The number of methoxy groups -OCH3 is 1. The number of hydrogen-bond acceptors (Lipinski definition) is 2. The Kier molecular flexibility index (Phi) is 2.70. The van der Waals surface area contributed by atoms with Gasteiger partial charge in [0.2, 0.25) is 0 Å². The molecule has 1 aliphatic rings. The second-order valence-corrected chi connectivity index (χ2v) is 4.61. The molecule has 0 aromatic heterocycles. The van der Waals surface area contributed by atoms with Crippen molar-refractivity contribution >= 4 is 15.2 Å². The summed E-state index contributed by atoms with van der Waals surface area (Å²) < 4.78 is 31.5. The number of carbonyl (C=O) groups is 1. The third-order valence-corrected chi connectivity index (χ3v) is 3.34. The van der Waals surface area contributed by atoms with Crippen LogP contribution in [-0.2, 0) is 10.7 Å². The number of alkyl halides is 2. The average Bonchev–Trinajstić information content (AvgIpc) is 2.48. The van der Waals surface area contributed by atoms with Gasteiger partial charge in [0, 0.05) is 17.6 Å². The maximum atomic E-state index is 13.5. The first-order chi connectivity index (χ1) is 7.45. The first-order valence-electron chi connectivity index (χ1n) is 4.82. The molecule has 0 fully saturated rings. The monoisotopic (exact) mass is 244 g/mol. The van der Waals surface area contributed by atoms with Crippen molar-refractivity contribution in [1.82, 2.24) is 0 Å². The predicted octanol–water partition coefficient (Wildman–Crippen LogP) is 2.88. The highest BCUT2D eigenvalue weighted by Gasteiger charge is 2.43. The Morgan fingerprint density at radius 3 is 2.88 bits per heavy atom. The van der Waals surface area contributed by atoms with E-state index in [-0.39, 0.29) is 17.6 Å². The standard InChI is InChI=1S/C11H11F2O2P/c1-15-10(14)6-2-3-8-7(4-6)9(16)5-11(8,12)13/h2-4,9H,5,16H2,1H3. The number of ether oxygens (including phenoxy) is 1. The van der Waals surface area contributed by atoms with Crippen LogP contribution in [0.3, 0.4) is 0 Å². The number of benzene rings is 1. The quantitative estimate of drug-likeness (QED) is 0.561. The molecule has 86 valence electrons. The van der Waals surface area contributed by atoms with Gasteiger partial charge in [0.05, 0.1) is 12.7 Å². The Bertz CT molecular complexity index is 446. The molecule has 0 amide bonds. The normalized spacial score (nSPS) is 21.6. The molecule has 1 aromatic carbocycles. The molecular weight excluding hydrogens is 233 g/mol. The topological polar surface area (TPSA) is 26.3 Å². The fourth-order valence-corrected chi connectivity index (χ4v) is 2.52. The first kappa shape index (κ1) is 11.5. The molecule has 16 heavy (non-hydrogen) atoms. The second kappa shape index (κ2) is 3.77. The van der Waals surface area contributed by atoms with Crippen LogP contribution < -0.4 is 0 Å². The summed E-state index contributed by atoms with van der Waals surface area (Å²) in [6.07, 6.45) is -0.225. The molecule has 0 radical (unpaired) electrons. The van der Waals surface area contributed by atoms with Crippen molar-refractivity contribution in [2.75, 3.05) is 7.11 Å². The Balaban J connectivity index is 2.48. The number of carbonyl (C=O) groups excluding carboxylic acids is 1. The summed E-state index contributed by atoms with van der Waals surface area (Å²) in [4.78, 5) is 11.3. The summed E-state index contributed by atoms with van der Waals surface area (Å²) in [6, 6.07) is 4.17. The molecule has 0 saturated carbocycles. The van der Waals surface area contributed by atoms with Gasteiger partial charge >= 0.3 is 5.97 Å². The average molecular weight is 244 g/mol. The molecule has 2 atom stereocenters. The van der Waals surface area contributed by atoms with Crippen LogP contribution >= 0.6 is 9.24 Å². The minimum atomic E-state index is -2.80. The third kappa shape index (κ3) is 1.71. The molecule has 5 heteroatoms. The number of fused-ring (bicyclic) bond motifs is 1. The lowest BCUT2D eigenvalue weighted by molar-refractivity contribution is -0.00241.